The monoisotopic (exact) mass is 451 g/mol. The Balaban J connectivity index is 1.29. The van der Waals surface area contributed by atoms with Crippen LogP contribution in [0, 0.1) is 0 Å². The van der Waals surface area contributed by atoms with Crippen LogP contribution in [-0.4, -0.2) is 77.8 Å². The van der Waals surface area contributed by atoms with Crippen molar-refractivity contribution in [1.82, 2.24) is 14.8 Å². The van der Waals surface area contributed by atoms with Crippen molar-refractivity contribution >= 4 is 22.8 Å². The predicted molar refractivity (Wildman–Crippen MR) is 120 cm³/mol. The number of aliphatic carboxylic acids is 1. The average Bonchev–Trinajstić information content (AvgIpc) is 3.26. The Hall–Kier alpha value is -3.72. The predicted octanol–water partition coefficient (Wildman–Crippen LogP) is 2.29. The molecule has 0 spiro atoms. The third-order valence-electron chi connectivity index (χ3n) is 6.22. The molecule has 0 bridgehead atoms. The summed E-state index contributed by atoms with van der Waals surface area (Å²) in [6.07, 6.45) is 1.04. The molecule has 3 heterocycles. The molecular formula is C24H25N3O6. The number of rotatable bonds is 5. The van der Waals surface area contributed by atoms with E-state index in [2.05, 4.69) is 4.98 Å². The van der Waals surface area contributed by atoms with Crippen LogP contribution >= 0.6 is 0 Å². The molecule has 1 fully saturated rings. The molecule has 2 aliphatic rings. The van der Waals surface area contributed by atoms with Crippen LogP contribution in [0.4, 0.5) is 0 Å². The SMILES string of the molecule is COc1ccc2[nH]cc(C(C(=O)O)N3CCN(C(=O)C4COc5ccccc5O4)CC3)c2c1. The van der Waals surface area contributed by atoms with Crippen LogP contribution in [0.2, 0.25) is 0 Å². The maximum atomic E-state index is 13.0. The van der Waals surface area contributed by atoms with Crippen molar-refractivity contribution in [2.24, 2.45) is 0 Å². The second kappa shape index (κ2) is 8.67. The number of carbonyl (C=O) groups excluding carboxylic acids is 1. The van der Waals surface area contributed by atoms with E-state index in [4.69, 9.17) is 14.2 Å². The lowest BCUT2D eigenvalue weighted by atomic mass is 10.0. The number of hydrogen-bond acceptors (Lipinski definition) is 6. The molecular weight excluding hydrogens is 426 g/mol. The molecule has 2 unspecified atom stereocenters. The molecule has 2 N–H and O–H groups in total. The zero-order chi connectivity index (χ0) is 22.9. The van der Waals surface area contributed by atoms with Gasteiger partial charge in [0, 0.05) is 48.8 Å². The van der Waals surface area contributed by atoms with E-state index in [0.29, 0.717) is 49.0 Å². The molecule has 0 aliphatic carbocycles. The van der Waals surface area contributed by atoms with Crippen molar-refractivity contribution < 1.29 is 28.9 Å². The third kappa shape index (κ3) is 3.95. The Kier molecular flexibility index (Phi) is 5.55. The summed E-state index contributed by atoms with van der Waals surface area (Å²) in [7, 11) is 1.58. The molecule has 2 atom stereocenters. The summed E-state index contributed by atoms with van der Waals surface area (Å²) in [4.78, 5) is 32.0. The molecule has 0 saturated carbocycles. The number of aromatic amines is 1. The zero-order valence-electron chi connectivity index (χ0n) is 18.2. The largest absolute Gasteiger partial charge is 0.497 e. The molecule has 5 rings (SSSR count). The number of amides is 1. The Bertz CT molecular complexity index is 1180. The first-order valence-corrected chi connectivity index (χ1v) is 10.8. The van der Waals surface area contributed by atoms with Gasteiger partial charge >= 0.3 is 5.97 Å². The number of carboxylic acid groups (broad SMARTS) is 1. The second-order valence-corrected chi connectivity index (χ2v) is 8.12. The summed E-state index contributed by atoms with van der Waals surface area (Å²) in [5, 5.41) is 10.9. The molecule has 33 heavy (non-hydrogen) atoms. The van der Waals surface area contributed by atoms with Crippen LogP contribution in [0.1, 0.15) is 11.6 Å². The minimum absolute atomic E-state index is 0.146. The van der Waals surface area contributed by atoms with Crippen LogP contribution in [0.15, 0.2) is 48.7 Å². The lowest BCUT2D eigenvalue weighted by Crippen LogP contribution is -2.55. The smallest absolute Gasteiger partial charge is 0.325 e. The van der Waals surface area contributed by atoms with E-state index in [1.165, 1.54) is 0 Å². The number of para-hydroxylation sites is 2. The third-order valence-corrected chi connectivity index (χ3v) is 6.22. The Morgan fingerprint density at radius 1 is 1.12 bits per heavy atom. The van der Waals surface area contributed by atoms with Crippen molar-refractivity contribution in [3.05, 3.63) is 54.2 Å². The zero-order valence-corrected chi connectivity index (χ0v) is 18.2. The highest BCUT2D eigenvalue weighted by atomic mass is 16.6. The number of aromatic nitrogens is 1. The first kappa shape index (κ1) is 21.1. The summed E-state index contributed by atoms with van der Waals surface area (Å²) in [6.45, 7) is 1.85. The fraction of sp³-hybridized carbons (Fsp3) is 0.333. The number of methoxy groups -OCH3 is 1. The van der Waals surface area contributed by atoms with Crippen LogP contribution in [0.5, 0.6) is 17.2 Å². The summed E-state index contributed by atoms with van der Waals surface area (Å²) in [5.41, 5.74) is 1.53. The minimum Gasteiger partial charge on any atom is -0.497 e. The van der Waals surface area contributed by atoms with E-state index in [1.54, 1.807) is 30.3 Å². The van der Waals surface area contributed by atoms with E-state index in [0.717, 1.165) is 10.9 Å². The minimum atomic E-state index is -0.931. The van der Waals surface area contributed by atoms with Crippen molar-refractivity contribution in [2.45, 2.75) is 12.1 Å². The quantitative estimate of drug-likeness (QED) is 0.613. The normalized spacial score (nSPS) is 19.3. The van der Waals surface area contributed by atoms with E-state index in [1.807, 2.05) is 35.2 Å². The first-order chi connectivity index (χ1) is 16.0. The standard InChI is InChI=1S/C24H25N3O6/c1-31-15-6-7-18-16(12-15)17(13-25-18)22(24(29)30)26-8-10-27(11-9-26)23(28)21-14-32-19-4-2-3-5-20(19)33-21/h2-7,12-13,21-22,25H,8-11,14H2,1H3,(H,29,30). The van der Waals surface area contributed by atoms with Crippen molar-refractivity contribution in [2.75, 3.05) is 39.9 Å². The molecule has 0 radical (unpaired) electrons. The van der Waals surface area contributed by atoms with Crippen LogP contribution in [0.3, 0.4) is 0 Å². The topological polar surface area (TPSA) is 104 Å². The molecule has 9 heteroatoms. The molecule has 1 amide bonds. The highest BCUT2D eigenvalue weighted by Crippen LogP contribution is 2.33. The number of benzene rings is 2. The number of carbonyl (C=O) groups is 2. The lowest BCUT2D eigenvalue weighted by Gasteiger charge is -2.39. The Labute approximate surface area is 190 Å². The van der Waals surface area contributed by atoms with Crippen molar-refractivity contribution in [3.8, 4) is 17.2 Å². The van der Waals surface area contributed by atoms with Gasteiger partial charge < -0.3 is 29.2 Å². The molecule has 2 aromatic carbocycles. The number of piperazine rings is 1. The summed E-state index contributed by atoms with van der Waals surface area (Å²) in [6, 6.07) is 12.0. The van der Waals surface area contributed by atoms with Gasteiger partial charge in [-0.15, -0.1) is 0 Å². The maximum absolute atomic E-state index is 13.0. The Morgan fingerprint density at radius 2 is 1.88 bits per heavy atom. The summed E-state index contributed by atoms with van der Waals surface area (Å²) < 4.78 is 16.8. The molecule has 172 valence electrons. The highest BCUT2D eigenvalue weighted by Gasteiger charge is 2.36. The van der Waals surface area contributed by atoms with Gasteiger partial charge in [-0.25, -0.2) is 0 Å². The van der Waals surface area contributed by atoms with Crippen molar-refractivity contribution in [3.63, 3.8) is 0 Å². The lowest BCUT2D eigenvalue weighted by molar-refractivity contribution is -0.147. The van der Waals surface area contributed by atoms with E-state index in [9.17, 15) is 14.7 Å². The van der Waals surface area contributed by atoms with Crippen molar-refractivity contribution in [1.29, 1.82) is 0 Å². The van der Waals surface area contributed by atoms with Gasteiger partial charge in [0.05, 0.1) is 7.11 Å². The van der Waals surface area contributed by atoms with Crippen LogP contribution in [-0.2, 0) is 9.59 Å². The van der Waals surface area contributed by atoms with E-state index in [-0.39, 0.29) is 12.5 Å². The van der Waals surface area contributed by atoms with Gasteiger partial charge in [0.25, 0.3) is 5.91 Å². The van der Waals surface area contributed by atoms with Gasteiger partial charge in [0.1, 0.15) is 18.4 Å². The van der Waals surface area contributed by atoms with Gasteiger partial charge in [0.15, 0.2) is 11.5 Å². The number of fused-ring (bicyclic) bond motifs is 2. The van der Waals surface area contributed by atoms with E-state index >= 15 is 0 Å². The number of hydrogen-bond donors (Lipinski definition) is 2. The summed E-state index contributed by atoms with van der Waals surface area (Å²) in [5.74, 6) is 0.777. The van der Waals surface area contributed by atoms with Crippen LogP contribution < -0.4 is 14.2 Å². The number of carboxylic acids is 1. The van der Waals surface area contributed by atoms with Gasteiger partial charge in [-0.05, 0) is 30.3 Å². The first-order valence-electron chi connectivity index (χ1n) is 10.8. The fourth-order valence-electron chi connectivity index (χ4n) is 4.51. The molecule has 1 aromatic heterocycles. The number of nitrogens with zero attached hydrogens (tertiary/aromatic N) is 2. The fourth-order valence-corrected chi connectivity index (χ4v) is 4.51. The van der Waals surface area contributed by atoms with Crippen LogP contribution in [0.25, 0.3) is 10.9 Å². The molecule has 9 nitrogen and oxygen atoms in total. The van der Waals surface area contributed by atoms with E-state index < -0.39 is 18.1 Å². The Morgan fingerprint density at radius 3 is 2.61 bits per heavy atom. The number of H-pyrrole nitrogens is 1. The average molecular weight is 451 g/mol. The van der Waals surface area contributed by atoms with Gasteiger partial charge in [0.2, 0.25) is 6.10 Å². The maximum Gasteiger partial charge on any atom is 0.325 e. The second-order valence-electron chi connectivity index (χ2n) is 8.12. The summed E-state index contributed by atoms with van der Waals surface area (Å²) >= 11 is 0. The highest BCUT2D eigenvalue weighted by molar-refractivity contribution is 5.90. The van der Waals surface area contributed by atoms with Gasteiger partial charge in [-0.1, -0.05) is 12.1 Å². The number of nitrogens with one attached hydrogen (secondary N) is 1. The number of ether oxygens (including phenoxy) is 3. The van der Waals surface area contributed by atoms with Gasteiger partial charge in [-0.3, -0.25) is 14.5 Å². The molecule has 1 saturated heterocycles. The molecule has 3 aromatic rings. The van der Waals surface area contributed by atoms with Gasteiger partial charge in [-0.2, -0.15) is 0 Å². The molecule has 2 aliphatic heterocycles.